The quantitative estimate of drug-likeness (QED) is 0.257. The first-order valence-corrected chi connectivity index (χ1v) is 12.2. The molecule has 0 amide bonds. The number of epoxide rings is 2. The summed E-state index contributed by atoms with van der Waals surface area (Å²) in [5.74, 6) is -2.26. The highest BCUT2D eigenvalue weighted by molar-refractivity contribution is 5.98. The molecule has 0 aromatic heterocycles. The van der Waals surface area contributed by atoms with E-state index in [2.05, 4.69) is 13.8 Å². The zero-order chi connectivity index (χ0) is 21.8. The molecule has 0 spiro atoms. The van der Waals surface area contributed by atoms with Crippen molar-refractivity contribution in [1.82, 2.24) is 0 Å². The van der Waals surface area contributed by atoms with E-state index >= 15 is 0 Å². The van der Waals surface area contributed by atoms with E-state index in [-0.39, 0.29) is 18.6 Å². The first-order chi connectivity index (χ1) is 14.4. The molecule has 3 fully saturated rings. The summed E-state index contributed by atoms with van der Waals surface area (Å²) in [6.45, 7) is 4.38. The van der Waals surface area contributed by atoms with Gasteiger partial charge in [-0.25, -0.2) is 9.59 Å². The smallest absolute Gasteiger partial charge is 0.340 e. The molecule has 1 saturated carbocycles. The van der Waals surface area contributed by atoms with Gasteiger partial charge in [0.05, 0.1) is 12.2 Å². The van der Waals surface area contributed by atoms with Crippen molar-refractivity contribution >= 4 is 11.9 Å². The molecule has 3 aliphatic rings. The number of hydrogen-bond donors (Lipinski definition) is 2. The third-order valence-corrected chi connectivity index (χ3v) is 7.77. The lowest BCUT2D eigenvalue weighted by atomic mass is 9.57. The van der Waals surface area contributed by atoms with Crippen molar-refractivity contribution in [3.05, 3.63) is 0 Å². The predicted molar refractivity (Wildman–Crippen MR) is 114 cm³/mol. The lowest BCUT2D eigenvalue weighted by Crippen LogP contribution is -2.58. The minimum Gasteiger partial charge on any atom is -0.479 e. The number of carbonyl (C=O) groups is 2. The van der Waals surface area contributed by atoms with Gasteiger partial charge in [0.15, 0.2) is 0 Å². The zero-order valence-corrected chi connectivity index (χ0v) is 18.8. The van der Waals surface area contributed by atoms with Crippen molar-refractivity contribution in [2.24, 2.45) is 5.41 Å². The number of carboxylic acid groups (broad SMARTS) is 2. The summed E-state index contributed by atoms with van der Waals surface area (Å²) in [5, 5.41) is 20.1. The molecule has 2 heterocycles. The topological polar surface area (TPSA) is 99.7 Å². The van der Waals surface area contributed by atoms with Gasteiger partial charge in [0.25, 0.3) is 0 Å². The summed E-state index contributed by atoms with van der Waals surface area (Å²) in [5.41, 5.74) is -3.97. The third-order valence-electron chi connectivity index (χ3n) is 7.77. The first-order valence-electron chi connectivity index (χ1n) is 12.2. The van der Waals surface area contributed by atoms with Crippen molar-refractivity contribution < 1.29 is 29.3 Å². The summed E-state index contributed by atoms with van der Waals surface area (Å²) in [6.07, 6.45) is 14.6. The lowest BCUT2D eigenvalue weighted by molar-refractivity contribution is -0.153. The molecule has 2 saturated heterocycles. The second kappa shape index (κ2) is 9.56. The predicted octanol–water partition coefficient (Wildman–Crippen LogP) is 5.32. The van der Waals surface area contributed by atoms with Gasteiger partial charge in [0.1, 0.15) is 0 Å². The first kappa shape index (κ1) is 23.5. The van der Waals surface area contributed by atoms with Gasteiger partial charge in [-0.15, -0.1) is 0 Å². The number of rotatable bonds is 16. The van der Waals surface area contributed by atoms with Crippen LogP contribution in [0.3, 0.4) is 0 Å². The Hall–Kier alpha value is -1.14. The minimum absolute atomic E-state index is 0.161. The second-order valence-electron chi connectivity index (χ2n) is 9.71. The molecule has 4 atom stereocenters. The van der Waals surface area contributed by atoms with Gasteiger partial charge < -0.3 is 19.7 Å². The highest BCUT2D eigenvalue weighted by Gasteiger charge is 2.93. The number of fused-ring (bicyclic) bond motifs is 2. The average molecular weight is 425 g/mol. The SMILES string of the molecule is CCCCCCCCC1(CCCCCCCC)C2OC2CC2(C(=O)O)OC21C(=O)O. The fourth-order valence-corrected chi connectivity index (χ4v) is 6.11. The fourth-order valence-electron chi connectivity index (χ4n) is 6.11. The van der Waals surface area contributed by atoms with Crippen LogP contribution >= 0.6 is 0 Å². The van der Waals surface area contributed by atoms with Crippen LogP contribution in [-0.2, 0) is 19.1 Å². The average Bonchev–Trinajstić information content (AvgIpc) is 3.61. The van der Waals surface area contributed by atoms with Crippen LogP contribution in [0.2, 0.25) is 0 Å². The molecule has 0 aromatic carbocycles. The Bertz CT molecular complexity index is 603. The van der Waals surface area contributed by atoms with Gasteiger partial charge >= 0.3 is 11.9 Å². The van der Waals surface area contributed by atoms with E-state index in [1.165, 1.54) is 38.5 Å². The number of ether oxygens (including phenoxy) is 2. The van der Waals surface area contributed by atoms with E-state index in [1.54, 1.807) is 0 Å². The van der Waals surface area contributed by atoms with Crippen LogP contribution in [0.4, 0.5) is 0 Å². The summed E-state index contributed by atoms with van der Waals surface area (Å²) in [7, 11) is 0. The molecule has 6 heteroatoms. The van der Waals surface area contributed by atoms with Crippen molar-refractivity contribution in [3.63, 3.8) is 0 Å². The normalized spacial score (nSPS) is 32.9. The highest BCUT2D eigenvalue weighted by Crippen LogP contribution is 2.73. The van der Waals surface area contributed by atoms with E-state index in [9.17, 15) is 19.8 Å². The van der Waals surface area contributed by atoms with Gasteiger partial charge in [-0.2, -0.15) is 0 Å². The van der Waals surface area contributed by atoms with Crippen LogP contribution in [0.1, 0.15) is 110 Å². The van der Waals surface area contributed by atoms with Gasteiger partial charge in [-0.05, 0) is 12.8 Å². The molecule has 2 N–H and O–H groups in total. The molecule has 6 nitrogen and oxygen atoms in total. The Morgan fingerprint density at radius 2 is 1.30 bits per heavy atom. The standard InChI is InChI=1S/C24H40O6/c1-3-5-7-9-11-13-15-22(16-14-12-10-8-6-4-2)19-18(29-19)17-23(20(25)26)24(22,30-23)21(27)28/h18-19H,3-17H2,1-2H3,(H,25,26)(H,27,28). The van der Waals surface area contributed by atoms with Crippen LogP contribution < -0.4 is 0 Å². The van der Waals surface area contributed by atoms with E-state index in [0.717, 1.165) is 38.5 Å². The maximum absolute atomic E-state index is 12.5. The Labute approximate surface area is 180 Å². The van der Waals surface area contributed by atoms with E-state index in [4.69, 9.17) is 9.47 Å². The fraction of sp³-hybridized carbons (Fsp3) is 0.917. The highest BCUT2D eigenvalue weighted by atomic mass is 16.7. The summed E-state index contributed by atoms with van der Waals surface area (Å²) in [4.78, 5) is 24.6. The van der Waals surface area contributed by atoms with Crippen molar-refractivity contribution in [3.8, 4) is 0 Å². The summed E-state index contributed by atoms with van der Waals surface area (Å²) >= 11 is 0. The van der Waals surface area contributed by atoms with Crippen LogP contribution in [0.5, 0.6) is 0 Å². The number of aliphatic carboxylic acids is 2. The molecule has 0 bridgehead atoms. The molecule has 0 aromatic rings. The third kappa shape index (κ3) is 3.90. The van der Waals surface area contributed by atoms with Gasteiger partial charge in [0, 0.05) is 11.8 Å². The zero-order valence-electron chi connectivity index (χ0n) is 18.8. The maximum Gasteiger partial charge on any atom is 0.340 e. The molecular weight excluding hydrogens is 384 g/mol. The Morgan fingerprint density at radius 3 is 1.77 bits per heavy atom. The Balaban J connectivity index is 1.74. The van der Waals surface area contributed by atoms with Gasteiger partial charge in [-0.1, -0.05) is 90.9 Å². The van der Waals surface area contributed by atoms with Crippen molar-refractivity contribution in [2.45, 2.75) is 134 Å². The molecule has 4 unspecified atom stereocenters. The number of carboxylic acids is 2. The van der Waals surface area contributed by atoms with Crippen molar-refractivity contribution in [2.75, 3.05) is 0 Å². The van der Waals surface area contributed by atoms with Crippen molar-refractivity contribution in [1.29, 1.82) is 0 Å². The van der Waals surface area contributed by atoms with Crippen LogP contribution in [0.15, 0.2) is 0 Å². The minimum atomic E-state index is -1.63. The summed E-state index contributed by atoms with van der Waals surface area (Å²) in [6, 6.07) is 0. The molecular formula is C24H40O6. The van der Waals surface area contributed by atoms with Gasteiger partial charge in [0.2, 0.25) is 11.2 Å². The molecule has 172 valence electrons. The van der Waals surface area contributed by atoms with Crippen LogP contribution in [0, 0.1) is 5.41 Å². The Kier molecular flexibility index (Phi) is 7.49. The molecule has 2 aliphatic heterocycles. The number of hydrogen-bond acceptors (Lipinski definition) is 4. The largest absolute Gasteiger partial charge is 0.479 e. The molecule has 3 rings (SSSR count). The van der Waals surface area contributed by atoms with E-state index < -0.39 is 28.6 Å². The van der Waals surface area contributed by atoms with Crippen LogP contribution in [0.25, 0.3) is 0 Å². The maximum atomic E-state index is 12.5. The summed E-state index contributed by atoms with van der Waals surface area (Å²) < 4.78 is 11.7. The molecule has 30 heavy (non-hydrogen) atoms. The Morgan fingerprint density at radius 1 is 0.800 bits per heavy atom. The van der Waals surface area contributed by atoms with Gasteiger partial charge in [-0.3, -0.25) is 0 Å². The second-order valence-corrected chi connectivity index (χ2v) is 9.71. The van der Waals surface area contributed by atoms with E-state index in [0.29, 0.717) is 12.8 Å². The molecule has 1 aliphatic carbocycles. The number of unbranched alkanes of at least 4 members (excludes halogenated alkanes) is 10. The molecule has 0 radical (unpaired) electrons. The van der Waals surface area contributed by atoms with Crippen LogP contribution in [-0.4, -0.2) is 45.6 Å². The lowest BCUT2D eigenvalue weighted by Gasteiger charge is -2.40. The van der Waals surface area contributed by atoms with E-state index in [1.807, 2.05) is 0 Å². The monoisotopic (exact) mass is 424 g/mol.